The molecule has 0 radical (unpaired) electrons. The Kier molecular flexibility index (Phi) is 3.53. The SMILES string of the molecule is COc1cccc(OC(F)(F)F)c1S(N)(=O)=O. The van der Waals surface area contributed by atoms with Crippen LogP contribution in [-0.4, -0.2) is 21.9 Å². The maximum absolute atomic E-state index is 12.0. The van der Waals surface area contributed by atoms with Crippen molar-refractivity contribution in [3.8, 4) is 11.5 Å². The fraction of sp³-hybridized carbons (Fsp3) is 0.250. The highest BCUT2D eigenvalue weighted by Gasteiger charge is 2.34. The second-order valence-electron chi connectivity index (χ2n) is 2.88. The number of hydrogen-bond donors (Lipinski definition) is 1. The van der Waals surface area contributed by atoms with E-state index in [1.54, 1.807) is 0 Å². The smallest absolute Gasteiger partial charge is 0.495 e. The Balaban J connectivity index is 3.41. The number of hydrogen-bond acceptors (Lipinski definition) is 4. The molecule has 5 nitrogen and oxygen atoms in total. The Morgan fingerprint density at radius 3 is 2.18 bits per heavy atom. The first kappa shape index (κ1) is 13.6. The third-order valence-electron chi connectivity index (χ3n) is 1.67. The Labute approximate surface area is 95.0 Å². The molecule has 0 unspecified atom stereocenters. The summed E-state index contributed by atoms with van der Waals surface area (Å²) in [5.41, 5.74) is 0. The van der Waals surface area contributed by atoms with Crippen molar-refractivity contribution in [2.45, 2.75) is 11.3 Å². The fourth-order valence-electron chi connectivity index (χ4n) is 1.14. The van der Waals surface area contributed by atoms with Crippen molar-refractivity contribution in [1.82, 2.24) is 0 Å². The molecule has 0 amide bonds. The number of halogens is 3. The second kappa shape index (κ2) is 4.41. The van der Waals surface area contributed by atoms with Crippen LogP contribution in [0.2, 0.25) is 0 Å². The van der Waals surface area contributed by atoms with E-state index < -0.39 is 27.0 Å². The summed E-state index contributed by atoms with van der Waals surface area (Å²) in [7, 11) is -3.30. The van der Waals surface area contributed by atoms with E-state index in [2.05, 4.69) is 9.47 Å². The van der Waals surface area contributed by atoms with E-state index in [9.17, 15) is 21.6 Å². The van der Waals surface area contributed by atoms with Gasteiger partial charge in [-0.2, -0.15) is 0 Å². The van der Waals surface area contributed by atoms with Crippen LogP contribution in [0.5, 0.6) is 11.5 Å². The van der Waals surface area contributed by atoms with Crippen LogP contribution in [0.4, 0.5) is 13.2 Å². The Morgan fingerprint density at radius 2 is 1.76 bits per heavy atom. The Hall–Kier alpha value is -1.48. The molecular formula is C8H8F3NO4S. The average molecular weight is 271 g/mol. The first-order valence-corrected chi connectivity index (χ1v) is 5.65. The molecule has 0 saturated heterocycles. The summed E-state index contributed by atoms with van der Waals surface area (Å²) < 4.78 is 66.7. The average Bonchev–Trinajstić information content (AvgIpc) is 2.12. The number of nitrogens with two attached hydrogens (primary N) is 1. The van der Waals surface area contributed by atoms with Gasteiger partial charge in [0.05, 0.1) is 7.11 Å². The lowest BCUT2D eigenvalue weighted by atomic mass is 10.3. The van der Waals surface area contributed by atoms with Gasteiger partial charge in [-0.1, -0.05) is 6.07 Å². The van der Waals surface area contributed by atoms with Crippen LogP contribution in [0.25, 0.3) is 0 Å². The van der Waals surface area contributed by atoms with Gasteiger partial charge in [0.25, 0.3) is 0 Å². The van der Waals surface area contributed by atoms with Gasteiger partial charge in [0.1, 0.15) is 5.75 Å². The van der Waals surface area contributed by atoms with Crippen molar-refractivity contribution >= 4 is 10.0 Å². The quantitative estimate of drug-likeness (QED) is 0.897. The van der Waals surface area contributed by atoms with E-state index >= 15 is 0 Å². The van der Waals surface area contributed by atoms with Gasteiger partial charge in [-0.15, -0.1) is 13.2 Å². The van der Waals surface area contributed by atoms with Crippen molar-refractivity contribution < 1.29 is 31.1 Å². The van der Waals surface area contributed by atoms with Crippen LogP contribution in [0.3, 0.4) is 0 Å². The third kappa shape index (κ3) is 3.49. The molecule has 0 bridgehead atoms. The molecule has 1 aromatic carbocycles. The minimum Gasteiger partial charge on any atom is -0.495 e. The Bertz CT molecular complexity index is 512. The van der Waals surface area contributed by atoms with Crippen molar-refractivity contribution in [1.29, 1.82) is 0 Å². The number of ether oxygens (including phenoxy) is 2. The highest BCUT2D eigenvalue weighted by atomic mass is 32.2. The van der Waals surface area contributed by atoms with E-state index in [1.807, 2.05) is 0 Å². The lowest BCUT2D eigenvalue weighted by molar-refractivity contribution is -0.275. The highest BCUT2D eigenvalue weighted by molar-refractivity contribution is 7.89. The molecule has 0 aromatic heterocycles. The molecule has 1 rings (SSSR count). The summed E-state index contributed by atoms with van der Waals surface area (Å²) in [4.78, 5) is -0.847. The number of methoxy groups -OCH3 is 1. The van der Waals surface area contributed by atoms with E-state index in [4.69, 9.17) is 5.14 Å². The summed E-state index contributed by atoms with van der Waals surface area (Å²) in [5, 5.41) is 4.80. The van der Waals surface area contributed by atoms with Crippen LogP contribution in [0.1, 0.15) is 0 Å². The minimum absolute atomic E-state index is 0.325. The highest BCUT2D eigenvalue weighted by Crippen LogP contribution is 2.35. The normalized spacial score (nSPS) is 12.3. The molecule has 0 heterocycles. The zero-order valence-corrected chi connectivity index (χ0v) is 9.30. The first-order valence-electron chi connectivity index (χ1n) is 4.10. The summed E-state index contributed by atoms with van der Waals surface area (Å²) in [6, 6.07) is 3.13. The van der Waals surface area contributed by atoms with Crippen LogP contribution < -0.4 is 14.6 Å². The topological polar surface area (TPSA) is 78.6 Å². The molecule has 0 fully saturated rings. The molecule has 9 heteroatoms. The van der Waals surface area contributed by atoms with Gasteiger partial charge in [0.2, 0.25) is 10.0 Å². The number of benzene rings is 1. The number of alkyl halides is 3. The van der Waals surface area contributed by atoms with Gasteiger partial charge in [-0.05, 0) is 12.1 Å². The molecule has 0 aliphatic heterocycles. The van der Waals surface area contributed by atoms with Gasteiger partial charge in [0.15, 0.2) is 10.6 Å². The largest absolute Gasteiger partial charge is 0.573 e. The summed E-state index contributed by atoms with van der Waals surface area (Å²) in [6.45, 7) is 0. The zero-order valence-electron chi connectivity index (χ0n) is 8.48. The van der Waals surface area contributed by atoms with Gasteiger partial charge in [0, 0.05) is 0 Å². The van der Waals surface area contributed by atoms with E-state index in [0.717, 1.165) is 25.3 Å². The molecule has 0 aliphatic rings. The van der Waals surface area contributed by atoms with Crippen molar-refractivity contribution in [2.24, 2.45) is 5.14 Å². The lowest BCUT2D eigenvalue weighted by Gasteiger charge is -2.14. The number of rotatable bonds is 3. The molecule has 0 aliphatic carbocycles. The van der Waals surface area contributed by atoms with Crippen molar-refractivity contribution in [3.63, 3.8) is 0 Å². The van der Waals surface area contributed by atoms with Gasteiger partial charge < -0.3 is 9.47 Å². The molecule has 0 spiro atoms. The predicted octanol–water partition coefficient (Wildman–Crippen LogP) is 1.24. The maximum atomic E-state index is 12.0. The third-order valence-corrected chi connectivity index (χ3v) is 2.64. The van der Waals surface area contributed by atoms with Crippen LogP contribution in [0, 0.1) is 0 Å². The van der Waals surface area contributed by atoms with Crippen molar-refractivity contribution in [2.75, 3.05) is 7.11 Å². The van der Waals surface area contributed by atoms with E-state index in [1.165, 1.54) is 0 Å². The number of sulfonamides is 1. The van der Waals surface area contributed by atoms with Crippen LogP contribution in [0.15, 0.2) is 23.1 Å². The predicted molar refractivity (Wildman–Crippen MR) is 51.1 cm³/mol. The molecule has 0 atom stereocenters. The standard InChI is InChI=1S/C8H8F3NO4S/c1-15-5-3-2-4-6(16-8(9,10)11)7(5)17(12,13)14/h2-4H,1H3,(H2,12,13,14). The summed E-state index contributed by atoms with van der Waals surface area (Å²) in [5.74, 6) is -1.26. The minimum atomic E-state index is -5.02. The molecule has 96 valence electrons. The van der Waals surface area contributed by atoms with Crippen LogP contribution in [-0.2, 0) is 10.0 Å². The van der Waals surface area contributed by atoms with E-state index in [-0.39, 0.29) is 5.75 Å². The first-order chi connectivity index (χ1) is 7.65. The lowest BCUT2D eigenvalue weighted by Crippen LogP contribution is -2.21. The van der Waals surface area contributed by atoms with Gasteiger partial charge >= 0.3 is 6.36 Å². The molecule has 0 saturated carbocycles. The summed E-state index contributed by atoms with van der Waals surface area (Å²) >= 11 is 0. The fourth-order valence-corrected chi connectivity index (χ4v) is 1.96. The molecule has 2 N–H and O–H groups in total. The molecule has 17 heavy (non-hydrogen) atoms. The van der Waals surface area contributed by atoms with Crippen LogP contribution >= 0.6 is 0 Å². The second-order valence-corrected chi connectivity index (χ2v) is 4.38. The van der Waals surface area contributed by atoms with Gasteiger partial charge in [-0.3, -0.25) is 0 Å². The zero-order chi connectivity index (χ0) is 13.3. The number of primary sulfonamides is 1. The summed E-state index contributed by atoms with van der Waals surface area (Å²) in [6.07, 6.45) is -5.02. The molecular weight excluding hydrogens is 263 g/mol. The van der Waals surface area contributed by atoms with Crippen molar-refractivity contribution in [3.05, 3.63) is 18.2 Å². The van der Waals surface area contributed by atoms with Gasteiger partial charge in [-0.25, -0.2) is 13.6 Å². The monoisotopic (exact) mass is 271 g/mol. The molecule has 1 aromatic rings. The Morgan fingerprint density at radius 1 is 1.24 bits per heavy atom. The van der Waals surface area contributed by atoms with E-state index in [0.29, 0.717) is 0 Å². The maximum Gasteiger partial charge on any atom is 0.573 e.